The van der Waals surface area contributed by atoms with Crippen molar-refractivity contribution in [3.8, 4) is 0 Å². The van der Waals surface area contributed by atoms with Crippen molar-refractivity contribution in [3.05, 3.63) is 35.4 Å². The average Bonchev–Trinajstić information content (AvgIpc) is 2.14. The molecule has 2 heteroatoms. The third kappa shape index (κ3) is 4.96. The van der Waals surface area contributed by atoms with Crippen LogP contribution in [-0.4, -0.2) is 25.0 Å². The summed E-state index contributed by atoms with van der Waals surface area (Å²) in [5.41, 5.74) is 2.74. The first-order valence-corrected chi connectivity index (χ1v) is 5.54. The van der Waals surface area contributed by atoms with E-state index in [1.807, 2.05) is 0 Å². The van der Waals surface area contributed by atoms with Gasteiger partial charge in [-0.1, -0.05) is 38.1 Å². The molecule has 0 aliphatic heterocycles. The van der Waals surface area contributed by atoms with E-state index in [1.54, 1.807) is 0 Å². The minimum atomic E-state index is 0.544. The average molecular weight is 206 g/mol. The lowest BCUT2D eigenvalue weighted by Crippen LogP contribution is -2.22. The van der Waals surface area contributed by atoms with Crippen LogP contribution in [0.1, 0.15) is 25.0 Å². The minimum Gasteiger partial charge on any atom is -0.310 e. The Morgan fingerprint density at radius 2 is 1.87 bits per heavy atom. The molecule has 0 unspecified atom stereocenters. The molecule has 15 heavy (non-hydrogen) atoms. The number of benzene rings is 1. The first kappa shape index (κ1) is 12.2. The van der Waals surface area contributed by atoms with E-state index in [1.165, 1.54) is 11.1 Å². The molecule has 0 saturated heterocycles. The summed E-state index contributed by atoms with van der Waals surface area (Å²) in [6.45, 7) is 6.31. The molecule has 1 aromatic carbocycles. The highest BCUT2D eigenvalue weighted by atomic mass is 15.0. The monoisotopic (exact) mass is 206 g/mol. The maximum absolute atomic E-state index is 3.43. The van der Waals surface area contributed by atoms with Gasteiger partial charge in [-0.25, -0.2) is 0 Å². The Morgan fingerprint density at radius 1 is 1.20 bits per heavy atom. The molecule has 0 fully saturated rings. The number of rotatable bonds is 5. The second-order valence-electron chi connectivity index (χ2n) is 4.59. The minimum absolute atomic E-state index is 0.544. The molecule has 0 radical (unpaired) electrons. The molecular formula is C13H22N2. The van der Waals surface area contributed by atoms with Crippen molar-refractivity contribution in [3.63, 3.8) is 0 Å². The van der Waals surface area contributed by atoms with Gasteiger partial charge in [0.1, 0.15) is 0 Å². The molecular weight excluding hydrogens is 184 g/mol. The predicted molar refractivity (Wildman–Crippen MR) is 65.8 cm³/mol. The molecule has 0 aliphatic carbocycles. The van der Waals surface area contributed by atoms with Crippen LogP contribution >= 0.6 is 0 Å². The smallest absolute Gasteiger partial charge is 0.0227 e. The summed E-state index contributed by atoms with van der Waals surface area (Å²) in [4.78, 5) is 2.19. The molecule has 1 aromatic rings. The Balaban J connectivity index is 2.57. The number of hydrogen-bond acceptors (Lipinski definition) is 2. The summed E-state index contributed by atoms with van der Waals surface area (Å²) >= 11 is 0. The van der Waals surface area contributed by atoms with E-state index >= 15 is 0 Å². The maximum Gasteiger partial charge on any atom is 0.0227 e. The van der Waals surface area contributed by atoms with Crippen molar-refractivity contribution in [2.45, 2.75) is 33.0 Å². The van der Waals surface area contributed by atoms with Gasteiger partial charge < -0.3 is 10.2 Å². The Bertz CT molecular complexity index is 292. The van der Waals surface area contributed by atoms with Crippen LogP contribution < -0.4 is 5.32 Å². The van der Waals surface area contributed by atoms with E-state index in [0.717, 1.165) is 13.1 Å². The first-order valence-electron chi connectivity index (χ1n) is 5.54. The van der Waals surface area contributed by atoms with E-state index in [4.69, 9.17) is 0 Å². The van der Waals surface area contributed by atoms with Crippen LogP contribution in [0.3, 0.4) is 0 Å². The van der Waals surface area contributed by atoms with Gasteiger partial charge in [-0.15, -0.1) is 0 Å². The van der Waals surface area contributed by atoms with Crippen LogP contribution in [0.4, 0.5) is 0 Å². The third-order valence-electron chi connectivity index (χ3n) is 2.20. The van der Waals surface area contributed by atoms with Crippen LogP contribution in [-0.2, 0) is 13.1 Å². The van der Waals surface area contributed by atoms with Crippen molar-refractivity contribution >= 4 is 0 Å². The number of nitrogens with zero attached hydrogens (tertiary/aromatic N) is 1. The van der Waals surface area contributed by atoms with Gasteiger partial charge in [0.15, 0.2) is 0 Å². The largest absolute Gasteiger partial charge is 0.310 e. The fraction of sp³-hybridized carbons (Fsp3) is 0.538. The highest BCUT2D eigenvalue weighted by molar-refractivity contribution is 5.23. The van der Waals surface area contributed by atoms with E-state index in [9.17, 15) is 0 Å². The summed E-state index contributed by atoms with van der Waals surface area (Å²) in [6, 6.07) is 9.31. The van der Waals surface area contributed by atoms with Crippen LogP contribution in [0.25, 0.3) is 0 Å². The highest BCUT2D eigenvalue weighted by Crippen LogP contribution is 2.07. The van der Waals surface area contributed by atoms with Crippen molar-refractivity contribution in [1.29, 1.82) is 0 Å². The fourth-order valence-electron chi connectivity index (χ4n) is 1.53. The summed E-state index contributed by atoms with van der Waals surface area (Å²) in [5.74, 6) is 0. The molecule has 2 nitrogen and oxygen atoms in total. The van der Waals surface area contributed by atoms with E-state index in [-0.39, 0.29) is 0 Å². The van der Waals surface area contributed by atoms with Crippen molar-refractivity contribution in [2.24, 2.45) is 0 Å². The zero-order valence-electron chi connectivity index (χ0n) is 10.2. The number of nitrogens with one attached hydrogen (secondary N) is 1. The second kappa shape index (κ2) is 5.89. The van der Waals surface area contributed by atoms with Crippen molar-refractivity contribution in [1.82, 2.24) is 10.2 Å². The number of hydrogen-bond donors (Lipinski definition) is 1. The molecule has 84 valence electrons. The maximum atomic E-state index is 3.43. The topological polar surface area (TPSA) is 15.3 Å². The van der Waals surface area contributed by atoms with Crippen LogP contribution in [0.15, 0.2) is 24.3 Å². The summed E-state index contributed by atoms with van der Waals surface area (Å²) in [5, 5.41) is 3.43. The first-order chi connectivity index (χ1) is 7.08. The Kier molecular flexibility index (Phi) is 4.79. The van der Waals surface area contributed by atoms with Crippen LogP contribution in [0.5, 0.6) is 0 Å². The second-order valence-corrected chi connectivity index (χ2v) is 4.59. The van der Waals surface area contributed by atoms with Crippen molar-refractivity contribution < 1.29 is 0 Å². The van der Waals surface area contributed by atoms with Crippen LogP contribution in [0, 0.1) is 0 Å². The van der Waals surface area contributed by atoms with E-state index in [2.05, 4.69) is 62.4 Å². The van der Waals surface area contributed by atoms with Gasteiger partial charge in [0.05, 0.1) is 0 Å². The van der Waals surface area contributed by atoms with Gasteiger partial charge in [0.25, 0.3) is 0 Å². The lowest BCUT2D eigenvalue weighted by molar-refractivity contribution is 0.402. The van der Waals surface area contributed by atoms with E-state index in [0.29, 0.717) is 6.04 Å². The molecule has 1 rings (SSSR count). The zero-order chi connectivity index (χ0) is 11.3. The van der Waals surface area contributed by atoms with Gasteiger partial charge in [-0.05, 0) is 25.2 Å². The SMILES string of the molecule is CC(C)NCc1cccc(CN(C)C)c1. The third-order valence-corrected chi connectivity index (χ3v) is 2.20. The predicted octanol–water partition coefficient (Wildman–Crippen LogP) is 2.25. The Labute approximate surface area is 93.3 Å². The van der Waals surface area contributed by atoms with Gasteiger partial charge in [-0.2, -0.15) is 0 Å². The van der Waals surface area contributed by atoms with Gasteiger partial charge in [-0.3, -0.25) is 0 Å². The lowest BCUT2D eigenvalue weighted by atomic mass is 10.1. The molecule has 0 amide bonds. The van der Waals surface area contributed by atoms with Gasteiger partial charge >= 0.3 is 0 Å². The Morgan fingerprint density at radius 3 is 2.47 bits per heavy atom. The molecule has 0 aliphatic rings. The zero-order valence-corrected chi connectivity index (χ0v) is 10.2. The summed E-state index contributed by atoms with van der Waals surface area (Å²) in [6.07, 6.45) is 0. The van der Waals surface area contributed by atoms with Gasteiger partial charge in [0, 0.05) is 19.1 Å². The molecule has 0 aromatic heterocycles. The molecule has 1 N–H and O–H groups in total. The van der Waals surface area contributed by atoms with Crippen molar-refractivity contribution in [2.75, 3.05) is 14.1 Å². The molecule has 0 spiro atoms. The normalized spacial score (nSPS) is 11.3. The summed E-state index contributed by atoms with van der Waals surface area (Å²) in [7, 11) is 4.19. The molecule has 0 saturated carbocycles. The molecule has 0 bridgehead atoms. The standard InChI is InChI=1S/C13H22N2/c1-11(2)14-9-12-6-5-7-13(8-12)10-15(3)4/h5-8,11,14H,9-10H2,1-4H3. The van der Waals surface area contributed by atoms with E-state index < -0.39 is 0 Å². The fourth-order valence-corrected chi connectivity index (χ4v) is 1.53. The molecule has 0 atom stereocenters. The van der Waals surface area contributed by atoms with Gasteiger partial charge in [0.2, 0.25) is 0 Å². The molecule has 0 heterocycles. The summed E-state index contributed by atoms with van der Waals surface area (Å²) < 4.78 is 0. The quantitative estimate of drug-likeness (QED) is 0.795. The lowest BCUT2D eigenvalue weighted by Gasteiger charge is -2.12. The Hall–Kier alpha value is -0.860. The van der Waals surface area contributed by atoms with Crippen LogP contribution in [0.2, 0.25) is 0 Å². The highest BCUT2D eigenvalue weighted by Gasteiger charge is 1.98.